The molecule has 19 heavy (non-hydrogen) atoms. The van der Waals surface area contributed by atoms with Gasteiger partial charge in [0.15, 0.2) is 0 Å². The molecule has 1 heterocycles. The van der Waals surface area contributed by atoms with Crippen molar-refractivity contribution < 1.29 is 18.7 Å². The third-order valence-electron chi connectivity index (χ3n) is 3.22. The van der Waals surface area contributed by atoms with Crippen molar-refractivity contribution in [3.05, 3.63) is 35.6 Å². The lowest BCUT2D eigenvalue weighted by Crippen LogP contribution is -2.46. The van der Waals surface area contributed by atoms with Crippen LogP contribution in [0, 0.1) is 5.82 Å². The number of nitrogens with one attached hydrogen (secondary N) is 2. The second-order valence-electron chi connectivity index (χ2n) is 4.67. The second-order valence-corrected chi connectivity index (χ2v) is 4.67. The number of amides is 1. The highest BCUT2D eigenvalue weighted by molar-refractivity contribution is 5.85. The standard InChI is InChI=1S/C13H16F2N2O2/c14-10-3-1-9(2-4-10)11(18)7-17-12(19)13(15)5-6-16-8-13/h1-4,11,16,18H,5-8H2,(H,17,19). The molecular formula is C13H16F2N2O2. The maximum Gasteiger partial charge on any atom is 0.259 e. The Bertz CT molecular complexity index is 444. The molecule has 0 spiro atoms. The summed E-state index contributed by atoms with van der Waals surface area (Å²) >= 11 is 0. The number of hydrogen-bond acceptors (Lipinski definition) is 3. The van der Waals surface area contributed by atoms with E-state index in [1.54, 1.807) is 0 Å². The zero-order chi connectivity index (χ0) is 13.9. The average Bonchev–Trinajstić information content (AvgIpc) is 2.84. The fourth-order valence-corrected chi connectivity index (χ4v) is 2.01. The third kappa shape index (κ3) is 3.27. The van der Waals surface area contributed by atoms with E-state index in [2.05, 4.69) is 10.6 Å². The average molecular weight is 270 g/mol. The van der Waals surface area contributed by atoms with Gasteiger partial charge in [0.05, 0.1) is 6.10 Å². The van der Waals surface area contributed by atoms with E-state index in [1.807, 2.05) is 0 Å². The molecule has 6 heteroatoms. The van der Waals surface area contributed by atoms with Gasteiger partial charge in [-0.05, 0) is 24.2 Å². The Hall–Kier alpha value is -1.53. The summed E-state index contributed by atoms with van der Waals surface area (Å²) in [6.07, 6.45) is -0.853. The predicted octanol–water partition coefficient (Wildman–Crippen LogP) is 0.677. The first-order valence-electron chi connectivity index (χ1n) is 6.13. The van der Waals surface area contributed by atoms with Crippen molar-refractivity contribution in [1.29, 1.82) is 0 Å². The van der Waals surface area contributed by atoms with Gasteiger partial charge in [0.2, 0.25) is 5.67 Å². The molecule has 1 fully saturated rings. The van der Waals surface area contributed by atoms with Gasteiger partial charge in [-0.2, -0.15) is 0 Å². The van der Waals surface area contributed by atoms with Crippen LogP contribution in [0.15, 0.2) is 24.3 Å². The molecule has 104 valence electrons. The first-order valence-corrected chi connectivity index (χ1v) is 6.13. The monoisotopic (exact) mass is 270 g/mol. The topological polar surface area (TPSA) is 61.4 Å². The largest absolute Gasteiger partial charge is 0.387 e. The first kappa shape index (κ1) is 13.9. The van der Waals surface area contributed by atoms with Gasteiger partial charge in [0.1, 0.15) is 5.82 Å². The van der Waals surface area contributed by atoms with Gasteiger partial charge >= 0.3 is 0 Å². The van der Waals surface area contributed by atoms with Crippen LogP contribution in [-0.4, -0.2) is 36.3 Å². The van der Waals surface area contributed by atoms with E-state index in [4.69, 9.17) is 0 Å². The highest BCUT2D eigenvalue weighted by Crippen LogP contribution is 2.20. The van der Waals surface area contributed by atoms with E-state index in [-0.39, 0.29) is 19.5 Å². The van der Waals surface area contributed by atoms with E-state index in [9.17, 15) is 18.7 Å². The molecule has 4 nitrogen and oxygen atoms in total. The Balaban J connectivity index is 1.88. The maximum absolute atomic E-state index is 14.0. The lowest BCUT2D eigenvalue weighted by atomic mass is 10.0. The first-order chi connectivity index (χ1) is 9.01. The smallest absolute Gasteiger partial charge is 0.259 e. The summed E-state index contributed by atoms with van der Waals surface area (Å²) in [4.78, 5) is 11.7. The minimum absolute atomic E-state index is 0.00846. The lowest BCUT2D eigenvalue weighted by molar-refractivity contribution is -0.132. The van der Waals surface area contributed by atoms with Gasteiger partial charge in [0.25, 0.3) is 5.91 Å². The van der Waals surface area contributed by atoms with Gasteiger partial charge in [-0.15, -0.1) is 0 Å². The zero-order valence-corrected chi connectivity index (χ0v) is 10.3. The number of alkyl halides is 1. The normalized spacial score (nSPS) is 24.2. The number of carbonyl (C=O) groups is 1. The van der Waals surface area contributed by atoms with Crippen molar-refractivity contribution in [3.63, 3.8) is 0 Å². The second kappa shape index (κ2) is 5.63. The Labute approximate surface area is 109 Å². The van der Waals surface area contributed by atoms with Gasteiger partial charge in [0, 0.05) is 19.5 Å². The molecule has 2 unspecified atom stereocenters. The van der Waals surface area contributed by atoms with Crippen LogP contribution < -0.4 is 10.6 Å². The Kier molecular flexibility index (Phi) is 4.11. The van der Waals surface area contributed by atoms with Crippen molar-refractivity contribution in [1.82, 2.24) is 10.6 Å². The molecule has 0 saturated carbocycles. The van der Waals surface area contributed by atoms with Crippen molar-refractivity contribution in [2.24, 2.45) is 0 Å². The highest BCUT2D eigenvalue weighted by Gasteiger charge is 2.41. The van der Waals surface area contributed by atoms with Gasteiger partial charge in [-0.1, -0.05) is 12.1 Å². The molecule has 1 aromatic carbocycles. The summed E-state index contributed by atoms with van der Waals surface area (Å²) in [6, 6.07) is 5.29. The molecule has 2 atom stereocenters. The summed E-state index contributed by atoms with van der Waals surface area (Å²) in [5, 5.41) is 15.0. The number of benzene rings is 1. The molecule has 3 N–H and O–H groups in total. The summed E-state index contributed by atoms with van der Waals surface area (Å²) in [5.41, 5.74) is -1.43. The molecule has 0 aliphatic carbocycles. The van der Waals surface area contributed by atoms with E-state index >= 15 is 0 Å². The summed E-state index contributed by atoms with van der Waals surface area (Å²) in [5.74, 6) is -1.13. The van der Waals surface area contributed by atoms with Crippen molar-refractivity contribution in [2.45, 2.75) is 18.2 Å². The van der Waals surface area contributed by atoms with Crippen LogP contribution in [0.1, 0.15) is 18.1 Å². The quantitative estimate of drug-likeness (QED) is 0.754. The fraction of sp³-hybridized carbons (Fsp3) is 0.462. The third-order valence-corrected chi connectivity index (χ3v) is 3.22. The van der Waals surface area contributed by atoms with Crippen LogP contribution in [-0.2, 0) is 4.79 Å². The molecule has 0 aromatic heterocycles. The molecule has 1 aromatic rings. The van der Waals surface area contributed by atoms with E-state index < -0.39 is 23.5 Å². The van der Waals surface area contributed by atoms with Crippen LogP contribution in [0.5, 0.6) is 0 Å². The number of aliphatic hydroxyl groups is 1. The van der Waals surface area contributed by atoms with Crippen LogP contribution in [0.4, 0.5) is 8.78 Å². The number of rotatable bonds is 4. The van der Waals surface area contributed by atoms with Gasteiger partial charge in [-0.3, -0.25) is 4.79 Å². The number of halogens is 2. The molecule has 1 aliphatic rings. The SMILES string of the molecule is O=C(NCC(O)c1ccc(F)cc1)C1(F)CCNC1. The lowest BCUT2D eigenvalue weighted by Gasteiger charge is -2.19. The van der Waals surface area contributed by atoms with Crippen LogP contribution >= 0.6 is 0 Å². The Morgan fingerprint density at radius 1 is 1.47 bits per heavy atom. The molecule has 1 aliphatic heterocycles. The summed E-state index contributed by atoms with van der Waals surface area (Å²) < 4.78 is 26.7. The minimum Gasteiger partial charge on any atom is -0.387 e. The minimum atomic E-state index is -1.90. The number of aliphatic hydroxyl groups excluding tert-OH is 1. The van der Waals surface area contributed by atoms with Crippen molar-refractivity contribution >= 4 is 5.91 Å². The molecule has 2 rings (SSSR count). The predicted molar refractivity (Wildman–Crippen MR) is 65.7 cm³/mol. The number of hydrogen-bond donors (Lipinski definition) is 3. The van der Waals surface area contributed by atoms with Gasteiger partial charge in [-0.25, -0.2) is 8.78 Å². The van der Waals surface area contributed by atoms with E-state index in [1.165, 1.54) is 24.3 Å². The molecule has 0 bridgehead atoms. The molecule has 0 radical (unpaired) electrons. The Morgan fingerprint density at radius 3 is 2.74 bits per heavy atom. The highest BCUT2D eigenvalue weighted by atomic mass is 19.1. The van der Waals surface area contributed by atoms with E-state index in [0.29, 0.717) is 12.1 Å². The van der Waals surface area contributed by atoms with Crippen LogP contribution in [0.3, 0.4) is 0 Å². The van der Waals surface area contributed by atoms with Crippen LogP contribution in [0.2, 0.25) is 0 Å². The molecular weight excluding hydrogens is 254 g/mol. The molecule has 1 saturated heterocycles. The van der Waals surface area contributed by atoms with Crippen molar-refractivity contribution in [3.8, 4) is 0 Å². The summed E-state index contributed by atoms with van der Waals surface area (Å²) in [7, 11) is 0. The number of carbonyl (C=O) groups excluding carboxylic acids is 1. The van der Waals surface area contributed by atoms with Gasteiger partial charge < -0.3 is 15.7 Å². The zero-order valence-electron chi connectivity index (χ0n) is 10.3. The van der Waals surface area contributed by atoms with E-state index in [0.717, 1.165) is 0 Å². The Morgan fingerprint density at radius 2 is 2.16 bits per heavy atom. The fourth-order valence-electron chi connectivity index (χ4n) is 2.01. The van der Waals surface area contributed by atoms with Crippen molar-refractivity contribution in [2.75, 3.05) is 19.6 Å². The summed E-state index contributed by atoms with van der Waals surface area (Å²) in [6.45, 7) is 0.353. The maximum atomic E-state index is 14.0. The molecule has 1 amide bonds. The van der Waals surface area contributed by atoms with Crippen LogP contribution in [0.25, 0.3) is 0 Å².